The zero-order valence-corrected chi connectivity index (χ0v) is 10.9. The fourth-order valence-electron chi connectivity index (χ4n) is 1.66. The lowest BCUT2D eigenvalue weighted by molar-refractivity contribution is 0.111. The molecule has 2 aromatic rings. The van der Waals surface area contributed by atoms with Gasteiger partial charge in [-0.3, -0.25) is 4.79 Å². The van der Waals surface area contributed by atoms with Gasteiger partial charge in [-0.2, -0.15) is 0 Å². The van der Waals surface area contributed by atoms with Crippen molar-refractivity contribution in [2.24, 2.45) is 0 Å². The van der Waals surface area contributed by atoms with Crippen LogP contribution in [0.2, 0.25) is 0 Å². The van der Waals surface area contributed by atoms with Crippen molar-refractivity contribution in [3.8, 4) is 17.2 Å². The van der Waals surface area contributed by atoms with E-state index in [2.05, 4.69) is 10.3 Å². The number of carbonyl (C=O) groups is 1. The third-order valence-corrected chi connectivity index (χ3v) is 2.42. The fourth-order valence-corrected chi connectivity index (χ4v) is 1.66. The standard InChI is InChI=1S/C13H15N3O3/c1-3-18-11-5-6-13(19-4-2)12(7-11)16-8-10(9-17)14-15-16/h5-9H,3-4H2,1-2H3. The van der Waals surface area contributed by atoms with Gasteiger partial charge < -0.3 is 9.47 Å². The second kappa shape index (κ2) is 5.99. The van der Waals surface area contributed by atoms with Crippen LogP contribution in [-0.2, 0) is 0 Å². The van der Waals surface area contributed by atoms with Crippen LogP contribution in [0.25, 0.3) is 5.69 Å². The minimum Gasteiger partial charge on any atom is -0.494 e. The lowest BCUT2D eigenvalue weighted by Crippen LogP contribution is -2.02. The second-order valence-corrected chi connectivity index (χ2v) is 3.70. The molecule has 0 fully saturated rings. The molecule has 0 atom stereocenters. The van der Waals surface area contributed by atoms with Crippen molar-refractivity contribution < 1.29 is 14.3 Å². The highest BCUT2D eigenvalue weighted by atomic mass is 16.5. The molecule has 0 unspecified atom stereocenters. The monoisotopic (exact) mass is 261 g/mol. The van der Waals surface area contributed by atoms with E-state index in [9.17, 15) is 4.79 Å². The third kappa shape index (κ3) is 2.90. The van der Waals surface area contributed by atoms with E-state index < -0.39 is 0 Å². The summed E-state index contributed by atoms with van der Waals surface area (Å²) in [6, 6.07) is 5.44. The SMILES string of the molecule is CCOc1ccc(OCC)c(-n2cc(C=O)nn2)c1. The van der Waals surface area contributed by atoms with Crippen LogP contribution in [0.4, 0.5) is 0 Å². The first kappa shape index (κ1) is 13.1. The molecule has 0 N–H and O–H groups in total. The molecule has 6 nitrogen and oxygen atoms in total. The molecule has 1 aromatic heterocycles. The lowest BCUT2D eigenvalue weighted by atomic mass is 10.2. The number of carbonyl (C=O) groups excluding carboxylic acids is 1. The molecule has 0 aliphatic heterocycles. The molecule has 1 heterocycles. The Labute approximate surface area is 110 Å². The third-order valence-electron chi connectivity index (χ3n) is 2.42. The molecule has 0 aliphatic carbocycles. The van der Waals surface area contributed by atoms with Gasteiger partial charge in [0.05, 0.1) is 19.4 Å². The number of ether oxygens (including phenoxy) is 2. The number of nitrogens with zero attached hydrogens (tertiary/aromatic N) is 3. The van der Waals surface area contributed by atoms with Crippen LogP contribution < -0.4 is 9.47 Å². The smallest absolute Gasteiger partial charge is 0.171 e. The van der Waals surface area contributed by atoms with E-state index in [1.54, 1.807) is 12.3 Å². The quantitative estimate of drug-likeness (QED) is 0.743. The van der Waals surface area contributed by atoms with E-state index in [1.807, 2.05) is 26.0 Å². The summed E-state index contributed by atoms with van der Waals surface area (Å²) in [6.45, 7) is 4.93. The Morgan fingerprint density at radius 1 is 1.26 bits per heavy atom. The van der Waals surface area contributed by atoms with Gasteiger partial charge in [0, 0.05) is 6.07 Å². The Morgan fingerprint density at radius 2 is 2.05 bits per heavy atom. The van der Waals surface area contributed by atoms with Crippen molar-refractivity contribution in [2.45, 2.75) is 13.8 Å². The summed E-state index contributed by atoms with van der Waals surface area (Å²) in [4.78, 5) is 10.7. The molecule has 0 saturated heterocycles. The summed E-state index contributed by atoms with van der Waals surface area (Å²) in [5.41, 5.74) is 0.956. The summed E-state index contributed by atoms with van der Waals surface area (Å²) in [5, 5.41) is 7.64. The largest absolute Gasteiger partial charge is 0.494 e. The van der Waals surface area contributed by atoms with E-state index in [0.717, 1.165) is 0 Å². The highest BCUT2D eigenvalue weighted by Crippen LogP contribution is 2.27. The zero-order valence-electron chi connectivity index (χ0n) is 10.9. The normalized spacial score (nSPS) is 10.2. The number of benzene rings is 1. The molecule has 0 amide bonds. The Bertz CT molecular complexity index is 566. The topological polar surface area (TPSA) is 66.2 Å². The van der Waals surface area contributed by atoms with Gasteiger partial charge in [0.15, 0.2) is 6.29 Å². The molecule has 1 aromatic carbocycles. The average molecular weight is 261 g/mol. The Balaban J connectivity index is 2.43. The zero-order chi connectivity index (χ0) is 13.7. The number of hydrogen-bond donors (Lipinski definition) is 0. The molecule has 0 saturated carbocycles. The maximum absolute atomic E-state index is 10.7. The van der Waals surface area contributed by atoms with Crippen molar-refractivity contribution >= 4 is 6.29 Å². The molecule has 2 rings (SSSR count). The number of hydrogen-bond acceptors (Lipinski definition) is 5. The van der Waals surface area contributed by atoms with E-state index in [-0.39, 0.29) is 5.69 Å². The van der Waals surface area contributed by atoms with Crippen LogP contribution in [0, 0.1) is 0 Å². The summed E-state index contributed by atoms with van der Waals surface area (Å²) in [7, 11) is 0. The van der Waals surface area contributed by atoms with Gasteiger partial charge in [0.1, 0.15) is 22.9 Å². The van der Waals surface area contributed by atoms with E-state index in [4.69, 9.17) is 9.47 Å². The van der Waals surface area contributed by atoms with Gasteiger partial charge in [-0.25, -0.2) is 4.68 Å². The molecule has 19 heavy (non-hydrogen) atoms. The Morgan fingerprint density at radius 3 is 2.68 bits per heavy atom. The first-order valence-corrected chi connectivity index (χ1v) is 6.06. The molecular formula is C13H15N3O3. The number of aldehydes is 1. The Hall–Kier alpha value is -2.37. The van der Waals surface area contributed by atoms with Crippen molar-refractivity contribution in [3.63, 3.8) is 0 Å². The van der Waals surface area contributed by atoms with Gasteiger partial charge in [-0.1, -0.05) is 5.21 Å². The minimum absolute atomic E-state index is 0.268. The van der Waals surface area contributed by atoms with Crippen LogP contribution in [0.1, 0.15) is 24.3 Å². The van der Waals surface area contributed by atoms with E-state index >= 15 is 0 Å². The first-order chi connectivity index (χ1) is 9.28. The summed E-state index contributed by atoms with van der Waals surface area (Å²) < 4.78 is 12.5. The van der Waals surface area contributed by atoms with Crippen LogP contribution in [0.5, 0.6) is 11.5 Å². The molecule has 0 spiro atoms. The molecular weight excluding hydrogens is 246 g/mol. The van der Waals surface area contributed by atoms with Crippen LogP contribution in [0.15, 0.2) is 24.4 Å². The van der Waals surface area contributed by atoms with Gasteiger partial charge in [-0.05, 0) is 26.0 Å². The lowest BCUT2D eigenvalue weighted by Gasteiger charge is -2.11. The van der Waals surface area contributed by atoms with Crippen molar-refractivity contribution in [1.82, 2.24) is 15.0 Å². The summed E-state index contributed by atoms with van der Waals surface area (Å²) in [5.74, 6) is 1.37. The summed E-state index contributed by atoms with van der Waals surface area (Å²) >= 11 is 0. The van der Waals surface area contributed by atoms with Crippen molar-refractivity contribution in [3.05, 3.63) is 30.1 Å². The van der Waals surface area contributed by atoms with Crippen molar-refractivity contribution in [1.29, 1.82) is 0 Å². The maximum Gasteiger partial charge on any atom is 0.171 e. The second-order valence-electron chi connectivity index (χ2n) is 3.70. The predicted molar refractivity (Wildman–Crippen MR) is 69.1 cm³/mol. The Kier molecular flexibility index (Phi) is 4.12. The molecule has 6 heteroatoms. The van der Waals surface area contributed by atoms with Gasteiger partial charge in [-0.15, -0.1) is 5.10 Å². The number of aromatic nitrogens is 3. The van der Waals surface area contributed by atoms with Crippen LogP contribution in [0.3, 0.4) is 0 Å². The highest BCUT2D eigenvalue weighted by Gasteiger charge is 2.10. The fraction of sp³-hybridized carbons (Fsp3) is 0.308. The van der Waals surface area contributed by atoms with E-state index in [1.165, 1.54) is 4.68 Å². The van der Waals surface area contributed by atoms with Crippen LogP contribution >= 0.6 is 0 Å². The molecule has 0 bridgehead atoms. The van der Waals surface area contributed by atoms with Gasteiger partial charge in [0.25, 0.3) is 0 Å². The first-order valence-electron chi connectivity index (χ1n) is 6.06. The molecule has 100 valence electrons. The predicted octanol–water partition coefficient (Wildman–Crippen LogP) is 1.88. The molecule has 0 aliphatic rings. The summed E-state index contributed by atoms with van der Waals surface area (Å²) in [6.07, 6.45) is 2.19. The average Bonchev–Trinajstić information content (AvgIpc) is 2.90. The van der Waals surface area contributed by atoms with Crippen LogP contribution in [-0.4, -0.2) is 34.5 Å². The number of rotatable bonds is 6. The van der Waals surface area contributed by atoms with Crippen molar-refractivity contribution in [2.75, 3.05) is 13.2 Å². The maximum atomic E-state index is 10.7. The van der Waals surface area contributed by atoms with E-state index in [0.29, 0.717) is 36.7 Å². The highest BCUT2D eigenvalue weighted by molar-refractivity contribution is 5.71. The minimum atomic E-state index is 0.268. The van der Waals surface area contributed by atoms with Gasteiger partial charge in [0.2, 0.25) is 0 Å². The molecule has 0 radical (unpaired) electrons. The van der Waals surface area contributed by atoms with Gasteiger partial charge >= 0.3 is 0 Å².